The minimum atomic E-state index is 0.532. The third-order valence-electron chi connectivity index (χ3n) is 4.85. The molecule has 0 saturated carbocycles. The van der Waals surface area contributed by atoms with Crippen molar-refractivity contribution in [2.75, 3.05) is 18.5 Å². The lowest BCUT2D eigenvalue weighted by molar-refractivity contribution is 0.282. The van der Waals surface area contributed by atoms with E-state index in [4.69, 9.17) is 0 Å². The highest BCUT2D eigenvalue weighted by molar-refractivity contribution is 5.81. The lowest BCUT2D eigenvalue weighted by atomic mass is 9.87. The van der Waals surface area contributed by atoms with Crippen LogP contribution in [0.2, 0.25) is 0 Å². The highest BCUT2D eigenvalue weighted by Crippen LogP contribution is 2.29. The number of pyridine rings is 1. The van der Waals surface area contributed by atoms with Crippen molar-refractivity contribution < 1.29 is 0 Å². The van der Waals surface area contributed by atoms with Crippen LogP contribution in [0.3, 0.4) is 0 Å². The quantitative estimate of drug-likeness (QED) is 0.908. The van der Waals surface area contributed by atoms with Gasteiger partial charge in [-0.3, -0.25) is 4.98 Å². The van der Waals surface area contributed by atoms with Crippen molar-refractivity contribution in [2.45, 2.75) is 32.4 Å². The maximum absolute atomic E-state index is 4.60. The van der Waals surface area contributed by atoms with Gasteiger partial charge in [-0.15, -0.1) is 0 Å². The standard InChI is InChI=1S/C17H23N3/c1-12-13(2)20(9-8-16(12)18-3)15-10-14-6-4-5-7-17(14)19-11-15/h4-7,10-13,16,18H,8-9H2,1-3H3. The average Bonchev–Trinajstić information content (AvgIpc) is 2.49. The average molecular weight is 269 g/mol. The lowest BCUT2D eigenvalue weighted by Crippen LogP contribution is -2.52. The molecule has 1 aromatic heterocycles. The van der Waals surface area contributed by atoms with Crippen LogP contribution in [0.1, 0.15) is 20.3 Å². The van der Waals surface area contributed by atoms with Crippen LogP contribution in [-0.4, -0.2) is 30.7 Å². The third-order valence-corrected chi connectivity index (χ3v) is 4.85. The van der Waals surface area contributed by atoms with E-state index in [2.05, 4.69) is 60.4 Å². The van der Waals surface area contributed by atoms with Gasteiger partial charge in [-0.25, -0.2) is 0 Å². The molecule has 2 aromatic rings. The van der Waals surface area contributed by atoms with Crippen molar-refractivity contribution in [1.82, 2.24) is 10.3 Å². The predicted octanol–water partition coefficient (Wildman–Crippen LogP) is 3.06. The molecular weight excluding hydrogens is 246 g/mol. The summed E-state index contributed by atoms with van der Waals surface area (Å²) >= 11 is 0. The van der Waals surface area contributed by atoms with E-state index in [-0.39, 0.29) is 0 Å². The second-order valence-corrected chi connectivity index (χ2v) is 5.86. The van der Waals surface area contributed by atoms with Crippen LogP contribution >= 0.6 is 0 Å². The number of aromatic nitrogens is 1. The van der Waals surface area contributed by atoms with Gasteiger partial charge < -0.3 is 10.2 Å². The molecule has 0 aliphatic carbocycles. The minimum absolute atomic E-state index is 0.532. The summed E-state index contributed by atoms with van der Waals surface area (Å²) in [6, 6.07) is 11.7. The fourth-order valence-electron chi connectivity index (χ4n) is 3.35. The Morgan fingerprint density at radius 3 is 2.85 bits per heavy atom. The van der Waals surface area contributed by atoms with Crippen molar-refractivity contribution in [3.05, 3.63) is 36.5 Å². The van der Waals surface area contributed by atoms with E-state index in [0.717, 1.165) is 12.1 Å². The molecule has 3 atom stereocenters. The third kappa shape index (κ3) is 2.27. The molecule has 0 amide bonds. The first-order valence-electron chi connectivity index (χ1n) is 7.49. The number of fused-ring (bicyclic) bond motifs is 1. The van der Waals surface area contributed by atoms with Crippen molar-refractivity contribution in [3.63, 3.8) is 0 Å². The van der Waals surface area contributed by atoms with Gasteiger partial charge in [0.05, 0.1) is 17.4 Å². The molecule has 0 radical (unpaired) electrons. The monoisotopic (exact) mass is 269 g/mol. The Morgan fingerprint density at radius 1 is 1.25 bits per heavy atom. The van der Waals surface area contributed by atoms with Gasteiger partial charge in [0.2, 0.25) is 0 Å². The van der Waals surface area contributed by atoms with Crippen LogP contribution in [0.5, 0.6) is 0 Å². The Kier molecular flexibility index (Phi) is 3.62. The number of anilines is 1. The number of nitrogens with one attached hydrogen (secondary N) is 1. The summed E-state index contributed by atoms with van der Waals surface area (Å²) in [4.78, 5) is 7.10. The smallest absolute Gasteiger partial charge is 0.0703 e. The number of hydrogen-bond donors (Lipinski definition) is 1. The molecule has 0 spiro atoms. The summed E-state index contributed by atoms with van der Waals surface area (Å²) in [6.07, 6.45) is 3.21. The van der Waals surface area contributed by atoms with E-state index < -0.39 is 0 Å². The Labute approximate surface area is 121 Å². The predicted molar refractivity (Wildman–Crippen MR) is 85.2 cm³/mol. The highest BCUT2D eigenvalue weighted by Gasteiger charge is 2.31. The molecule has 20 heavy (non-hydrogen) atoms. The van der Waals surface area contributed by atoms with Crippen LogP contribution in [0, 0.1) is 5.92 Å². The van der Waals surface area contributed by atoms with Gasteiger partial charge in [-0.05, 0) is 38.4 Å². The van der Waals surface area contributed by atoms with Gasteiger partial charge >= 0.3 is 0 Å². The number of para-hydroxylation sites is 1. The zero-order valence-corrected chi connectivity index (χ0v) is 12.5. The molecule has 3 unspecified atom stereocenters. The normalized spacial score (nSPS) is 26.9. The fraction of sp³-hybridized carbons (Fsp3) is 0.471. The lowest BCUT2D eigenvalue weighted by Gasteiger charge is -2.44. The zero-order chi connectivity index (χ0) is 14.1. The topological polar surface area (TPSA) is 28.2 Å². The van der Waals surface area contributed by atoms with Gasteiger partial charge in [0.15, 0.2) is 0 Å². The van der Waals surface area contributed by atoms with Gasteiger partial charge in [0, 0.05) is 24.0 Å². The molecule has 1 aliphatic heterocycles. The van der Waals surface area contributed by atoms with Gasteiger partial charge in [0.1, 0.15) is 0 Å². The summed E-state index contributed by atoms with van der Waals surface area (Å²) in [6.45, 7) is 5.76. The number of benzene rings is 1. The van der Waals surface area contributed by atoms with Crippen LogP contribution in [0.4, 0.5) is 5.69 Å². The van der Waals surface area contributed by atoms with Crippen LogP contribution in [0.15, 0.2) is 36.5 Å². The van der Waals surface area contributed by atoms with Crippen molar-refractivity contribution in [2.24, 2.45) is 5.92 Å². The first-order valence-corrected chi connectivity index (χ1v) is 7.49. The van der Waals surface area contributed by atoms with Gasteiger partial charge in [-0.1, -0.05) is 25.1 Å². The van der Waals surface area contributed by atoms with Crippen LogP contribution in [0.25, 0.3) is 10.9 Å². The summed E-state index contributed by atoms with van der Waals surface area (Å²) in [7, 11) is 2.07. The molecule has 3 rings (SSSR count). The van der Waals surface area contributed by atoms with E-state index in [0.29, 0.717) is 18.0 Å². The maximum Gasteiger partial charge on any atom is 0.0703 e. The van der Waals surface area contributed by atoms with Gasteiger partial charge in [0.25, 0.3) is 0 Å². The summed E-state index contributed by atoms with van der Waals surface area (Å²) in [5.74, 6) is 0.639. The molecule has 1 aliphatic rings. The summed E-state index contributed by atoms with van der Waals surface area (Å²) in [5.41, 5.74) is 2.32. The Balaban J connectivity index is 1.91. The maximum atomic E-state index is 4.60. The molecule has 3 heteroatoms. The molecule has 0 bridgehead atoms. The number of nitrogens with zero attached hydrogens (tertiary/aromatic N) is 2. The Hall–Kier alpha value is -1.61. The molecular formula is C17H23N3. The molecule has 1 N–H and O–H groups in total. The van der Waals surface area contributed by atoms with E-state index in [1.54, 1.807) is 0 Å². The highest BCUT2D eigenvalue weighted by atomic mass is 15.2. The largest absolute Gasteiger partial charge is 0.367 e. The molecule has 2 heterocycles. The first-order chi connectivity index (χ1) is 9.70. The molecule has 3 nitrogen and oxygen atoms in total. The zero-order valence-electron chi connectivity index (χ0n) is 12.5. The number of rotatable bonds is 2. The molecule has 1 saturated heterocycles. The SMILES string of the molecule is CNC1CCN(c2cnc3ccccc3c2)C(C)C1C. The number of piperidine rings is 1. The van der Waals surface area contributed by atoms with Crippen molar-refractivity contribution in [3.8, 4) is 0 Å². The van der Waals surface area contributed by atoms with Crippen LogP contribution in [-0.2, 0) is 0 Å². The molecule has 1 fully saturated rings. The number of hydrogen-bond acceptors (Lipinski definition) is 3. The van der Waals surface area contributed by atoms with E-state index >= 15 is 0 Å². The van der Waals surface area contributed by atoms with E-state index in [1.165, 1.54) is 17.5 Å². The summed E-state index contributed by atoms with van der Waals surface area (Å²) in [5, 5.41) is 4.67. The van der Waals surface area contributed by atoms with Crippen LogP contribution < -0.4 is 10.2 Å². The summed E-state index contributed by atoms with van der Waals surface area (Å²) < 4.78 is 0. The van der Waals surface area contributed by atoms with Crippen molar-refractivity contribution >= 4 is 16.6 Å². The molecule has 1 aromatic carbocycles. The molecule has 106 valence electrons. The second kappa shape index (κ2) is 5.41. The van der Waals surface area contributed by atoms with E-state index in [1.807, 2.05) is 12.3 Å². The minimum Gasteiger partial charge on any atom is -0.367 e. The van der Waals surface area contributed by atoms with Gasteiger partial charge in [-0.2, -0.15) is 0 Å². The second-order valence-electron chi connectivity index (χ2n) is 5.86. The fourth-order valence-corrected chi connectivity index (χ4v) is 3.35. The first kappa shape index (κ1) is 13.4. The van der Waals surface area contributed by atoms with Crippen molar-refractivity contribution in [1.29, 1.82) is 0 Å². The Morgan fingerprint density at radius 2 is 2.05 bits per heavy atom. The Bertz CT molecular complexity index is 596. The van der Waals surface area contributed by atoms with E-state index in [9.17, 15) is 0 Å².